The molecule has 4 nitrogen and oxygen atoms in total. The molecular formula is C15H16BrNO3S. The summed E-state index contributed by atoms with van der Waals surface area (Å²) in [6, 6.07) is 11.4. The summed E-state index contributed by atoms with van der Waals surface area (Å²) < 4.78 is 28.0. The second kappa shape index (κ2) is 6.17. The number of hydrogen-bond donors (Lipinski definition) is 2. The molecule has 1 unspecified atom stereocenters. The Labute approximate surface area is 133 Å². The Hall–Kier alpha value is -1.37. The second-order valence-electron chi connectivity index (χ2n) is 4.81. The van der Waals surface area contributed by atoms with E-state index in [2.05, 4.69) is 20.7 Å². The quantitative estimate of drug-likeness (QED) is 0.864. The van der Waals surface area contributed by atoms with Crippen molar-refractivity contribution in [1.82, 2.24) is 0 Å². The van der Waals surface area contributed by atoms with Crippen LogP contribution in [0.5, 0.6) is 0 Å². The largest absolute Gasteiger partial charge is 0.389 e. The van der Waals surface area contributed by atoms with Crippen LogP contribution in [0.15, 0.2) is 51.8 Å². The highest BCUT2D eigenvalue weighted by atomic mass is 79.9. The first kappa shape index (κ1) is 16.0. The maximum absolute atomic E-state index is 12.3. The molecule has 0 bridgehead atoms. The van der Waals surface area contributed by atoms with Crippen LogP contribution in [0.4, 0.5) is 5.69 Å². The van der Waals surface area contributed by atoms with E-state index < -0.39 is 16.1 Å². The predicted octanol–water partition coefficient (Wildman–Crippen LogP) is 3.61. The van der Waals surface area contributed by atoms with Crippen LogP contribution in [0.1, 0.15) is 24.2 Å². The fourth-order valence-electron chi connectivity index (χ4n) is 1.80. The van der Waals surface area contributed by atoms with Crippen molar-refractivity contribution >= 4 is 31.6 Å². The van der Waals surface area contributed by atoms with Crippen LogP contribution in [-0.2, 0) is 10.0 Å². The molecule has 0 fully saturated rings. The summed E-state index contributed by atoms with van der Waals surface area (Å²) in [6.45, 7) is 3.56. The van der Waals surface area contributed by atoms with Gasteiger partial charge in [0.2, 0.25) is 0 Å². The number of halogens is 1. The summed E-state index contributed by atoms with van der Waals surface area (Å²) in [5.41, 5.74) is 2.19. The molecule has 0 aliphatic heterocycles. The van der Waals surface area contributed by atoms with Crippen molar-refractivity contribution in [3.63, 3.8) is 0 Å². The van der Waals surface area contributed by atoms with Gasteiger partial charge in [0.05, 0.1) is 11.0 Å². The van der Waals surface area contributed by atoms with E-state index >= 15 is 0 Å². The molecule has 0 saturated carbocycles. The lowest BCUT2D eigenvalue weighted by Gasteiger charge is -2.10. The van der Waals surface area contributed by atoms with Crippen molar-refractivity contribution in [3.8, 4) is 0 Å². The average molecular weight is 370 g/mol. The third-order valence-electron chi connectivity index (χ3n) is 3.10. The van der Waals surface area contributed by atoms with Crippen molar-refractivity contribution < 1.29 is 13.5 Å². The van der Waals surface area contributed by atoms with E-state index in [0.29, 0.717) is 11.3 Å². The molecule has 0 radical (unpaired) electrons. The lowest BCUT2D eigenvalue weighted by Crippen LogP contribution is -2.13. The highest BCUT2D eigenvalue weighted by Gasteiger charge is 2.15. The Kier molecular flexibility index (Phi) is 4.70. The minimum atomic E-state index is -3.64. The monoisotopic (exact) mass is 369 g/mol. The molecule has 2 aromatic rings. The third kappa shape index (κ3) is 3.84. The van der Waals surface area contributed by atoms with Crippen molar-refractivity contribution in [1.29, 1.82) is 0 Å². The number of aryl methyl sites for hydroxylation is 1. The van der Waals surface area contributed by atoms with Crippen LogP contribution in [0.25, 0.3) is 0 Å². The maximum Gasteiger partial charge on any atom is 0.261 e. The average Bonchev–Trinajstić information content (AvgIpc) is 2.43. The van der Waals surface area contributed by atoms with E-state index in [1.165, 1.54) is 12.1 Å². The highest BCUT2D eigenvalue weighted by molar-refractivity contribution is 9.10. The lowest BCUT2D eigenvalue weighted by atomic mass is 10.1. The van der Waals surface area contributed by atoms with E-state index in [1.54, 1.807) is 31.2 Å². The van der Waals surface area contributed by atoms with Crippen LogP contribution in [0, 0.1) is 6.92 Å². The Balaban J connectivity index is 2.27. The summed E-state index contributed by atoms with van der Waals surface area (Å²) in [5, 5.41) is 9.44. The summed E-state index contributed by atoms with van der Waals surface area (Å²) in [6.07, 6.45) is -0.622. The number of aliphatic hydroxyl groups excluding tert-OH is 1. The Bertz CT molecular complexity index is 740. The number of hydrogen-bond acceptors (Lipinski definition) is 3. The summed E-state index contributed by atoms with van der Waals surface area (Å²) in [4.78, 5) is 0.156. The van der Waals surface area contributed by atoms with Gasteiger partial charge in [-0.15, -0.1) is 0 Å². The fraction of sp³-hybridized carbons (Fsp3) is 0.200. The van der Waals surface area contributed by atoms with Crippen molar-refractivity contribution in [3.05, 3.63) is 58.1 Å². The molecule has 0 aliphatic rings. The number of rotatable bonds is 4. The number of nitrogens with one attached hydrogen (secondary N) is 1. The van der Waals surface area contributed by atoms with Gasteiger partial charge < -0.3 is 5.11 Å². The molecule has 0 aliphatic carbocycles. The van der Waals surface area contributed by atoms with E-state index in [9.17, 15) is 13.5 Å². The van der Waals surface area contributed by atoms with Gasteiger partial charge in [-0.1, -0.05) is 34.1 Å². The SMILES string of the molecule is Cc1ccc(NS(=O)(=O)c2ccc(C(C)O)cc2)cc1Br. The zero-order chi connectivity index (χ0) is 15.6. The van der Waals surface area contributed by atoms with Crippen LogP contribution < -0.4 is 4.72 Å². The van der Waals surface area contributed by atoms with E-state index in [0.717, 1.165) is 10.0 Å². The Morgan fingerprint density at radius 3 is 2.29 bits per heavy atom. The van der Waals surface area contributed by atoms with Crippen molar-refractivity contribution in [2.24, 2.45) is 0 Å². The van der Waals surface area contributed by atoms with Gasteiger partial charge in [-0.25, -0.2) is 8.42 Å². The van der Waals surface area contributed by atoms with Crippen LogP contribution >= 0.6 is 15.9 Å². The molecule has 2 N–H and O–H groups in total. The molecule has 6 heteroatoms. The molecule has 2 rings (SSSR count). The molecule has 0 aromatic heterocycles. The van der Waals surface area contributed by atoms with Crippen LogP contribution in [-0.4, -0.2) is 13.5 Å². The topological polar surface area (TPSA) is 66.4 Å². The minimum Gasteiger partial charge on any atom is -0.389 e. The number of anilines is 1. The van der Waals surface area contributed by atoms with Crippen molar-refractivity contribution in [2.45, 2.75) is 24.8 Å². The highest BCUT2D eigenvalue weighted by Crippen LogP contribution is 2.23. The maximum atomic E-state index is 12.3. The zero-order valence-electron chi connectivity index (χ0n) is 11.7. The van der Waals surface area contributed by atoms with Crippen LogP contribution in [0.3, 0.4) is 0 Å². The van der Waals surface area contributed by atoms with Gasteiger partial charge >= 0.3 is 0 Å². The second-order valence-corrected chi connectivity index (χ2v) is 7.35. The van der Waals surface area contributed by atoms with Gasteiger partial charge in [0.25, 0.3) is 10.0 Å². The Morgan fingerprint density at radius 2 is 1.76 bits per heavy atom. The molecule has 1 atom stereocenters. The molecule has 112 valence electrons. The molecule has 0 spiro atoms. The molecule has 21 heavy (non-hydrogen) atoms. The number of aliphatic hydroxyl groups is 1. The first-order chi connectivity index (χ1) is 9.79. The smallest absolute Gasteiger partial charge is 0.261 e. The molecular weight excluding hydrogens is 354 g/mol. The van der Waals surface area contributed by atoms with E-state index in [4.69, 9.17) is 0 Å². The molecule has 0 amide bonds. The first-order valence-corrected chi connectivity index (χ1v) is 8.64. The van der Waals surface area contributed by atoms with E-state index in [-0.39, 0.29) is 4.90 Å². The molecule has 0 heterocycles. The van der Waals surface area contributed by atoms with Gasteiger partial charge in [0.1, 0.15) is 0 Å². The molecule has 0 saturated heterocycles. The zero-order valence-corrected chi connectivity index (χ0v) is 14.1. The fourth-order valence-corrected chi connectivity index (χ4v) is 3.22. The van der Waals surface area contributed by atoms with E-state index in [1.807, 2.05) is 13.0 Å². The third-order valence-corrected chi connectivity index (χ3v) is 5.35. The molecule has 2 aromatic carbocycles. The summed E-state index contributed by atoms with van der Waals surface area (Å²) in [7, 11) is -3.64. The lowest BCUT2D eigenvalue weighted by molar-refractivity contribution is 0.199. The number of benzene rings is 2. The van der Waals surface area contributed by atoms with Gasteiger partial charge in [-0.05, 0) is 49.2 Å². The van der Waals surface area contributed by atoms with Gasteiger partial charge in [0, 0.05) is 10.2 Å². The first-order valence-electron chi connectivity index (χ1n) is 6.36. The predicted molar refractivity (Wildman–Crippen MR) is 86.8 cm³/mol. The van der Waals surface area contributed by atoms with Gasteiger partial charge in [-0.2, -0.15) is 0 Å². The van der Waals surface area contributed by atoms with Gasteiger partial charge in [0.15, 0.2) is 0 Å². The Morgan fingerprint density at radius 1 is 1.14 bits per heavy atom. The normalized spacial score (nSPS) is 13.0. The summed E-state index contributed by atoms with van der Waals surface area (Å²) >= 11 is 3.37. The minimum absolute atomic E-state index is 0.156. The van der Waals surface area contributed by atoms with Crippen LogP contribution in [0.2, 0.25) is 0 Å². The standard InChI is InChI=1S/C15H16BrNO3S/c1-10-3-6-13(9-15(10)16)17-21(19,20)14-7-4-12(5-8-14)11(2)18/h3-9,11,17-18H,1-2H3. The number of sulfonamides is 1. The van der Waals surface area contributed by atoms with Crippen molar-refractivity contribution in [2.75, 3.05) is 4.72 Å². The van der Waals surface area contributed by atoms with Gasteiger partial charge in [-0.3, -0.25) is 4.72 Å². The summed E-state index contributed by atoms with van der Waals surface area (Å²) in [5.74, 6) is 0.